The van der Waals surface area contributed by atoms with E-state index in [1.807, 2.05) is 24.3 Å². The molecule has 0 heterocycles. The smallest absolute Gasteiger partial charge is 0.323 e. The number of aliphatic carboxylic acids is 1. The molecule has 114 valence electrons. The number of methoxy groups -OCH3 is 1. The second kappa shape index (κ2) is 6.16. The fourth-order valence-electron chi connectivity index (χ4n) is 3.15. The van der Waals surface area contributed by atoms with Gasteiger partial charge in [0.25, 0.3) is 0 Å². The van der Waals surface area contributed by atoms with Gasteiger partial charge in [0, 0.05) is 7.05 Å². The van der Waals surface area contributed by atoms with Gasteiger partial charge in [0.05, 0.1) is 12.5 Å². The van der Waals surface area contributed by atoms with Gasteiger partial charge in [0.1, 0.15) is 12.3 Å². The number of ether oxygens (including phenoxy) is 1. The molecule has 0 unspecified atom stereocenters. The molecule has 0 atom stereocenters. The van der Waals surface area contributed by atoms with Crippen LogP contribution in [0.15, 0.2) is 24.3 Å². The summed E-state index contributed by atoms with van der Waals surface area (Å²) in [5.41, 5.74) is 0.360. The van der Waals surface area contributed by atoms with Crippen molar-refractivity contribution in [3.8, 4) is 5.75 Å². The van der Waals surface area contributed by atoms with Crippen molar-refractivity contribution in [2.24, 2.45) is 0 Å². The van der Waals surface area contributed by atoms with Crippen molar-refractivity contribution in [1.82, 2.24) is 4.90 Å². The Bertz CT molecular complexity index is 518. The van der Waals surface area contributed by atoms with Crippen LogP contribution in [-0.2, 0) is 15.0 Å². The lowest BCUT2D eigenvalue weighted by molar-refractivity contribution is -0.146. The van der Waals surface area contributed by atoms with Crippen molar-refractivity contribution >= 4 is 11.9 Å². The third kappa shape index (κ3) is 3.01. The second-order valence-corrected chi connectivity index (χ2v) is 5.57. The van der Waals surface area contributed by atoms with Crippen molar-refractivity contribution in [2.75, 3.05) is 20.7 Å². The summed E-state index contributed by atoms with van der Waals surface area (Å²) in [7, 11) is 3.16. The number of likely N-dealkylation sites (N-methyl/N-ethyl adjacent to an activating group) is 1. The fraction of sp³-hybridized carbons (Fsp3) is 0.500. The lowest BCUT2D eigenvalue weighted by atomic mass is 9.77. The van der Waals surface area contributed by atoms with E-state index in [1.54, 1.807) is 14.2 Å². The van der Waals surface area contributed by atoms with Crippen LogP contribution in [0, 0.1) is 0 Å². The van der Waals surface area contributed by atoms with Crippen LogP contribution < -0.4 is 4.74 Å². The summed E-state index contributed by atoms with van der Waals surface area (Å²) in [6, 6.07) is 7.52. The minimum absolute atomic E-state index is 0.104. The van der Waals surface area contributed by atoms with E-state index in [4.69, 9.17) is 9.84 Å². The topological polar surface area (TPSA) is 66.8 Å². The molecule has 1 aromatic rings. The Labute approximate surface area is 124 Å². The number of benzene rings is 1. The first-order valence-corrected chi connectivity index (χ1v) is 7.11. The van der Waals surface area contributed by atoms with Crippen LogP contribution in [0.4, 0.5) is 0 Å². The van der Waals surface area contributed by atoms with Crippen LogP contribution in [0.25, 0.3) is 0 Å². The number of rotatable bonds is 5. The van der Waals surface area contributed by atoms with E-state index < -0.39 is 11.4 Å². The highest BCUT2D eigenvalue weighted by Gasteiger charge is 2.44. The summed E-state index contributed by atoms with van der Waals surface area (Å²) in [6.07, 6.45) is 3.50. The quantitative estimate of drug-likeness (QED) is 0.901. The highest BCUT2D eigenvalue weighted by atomic mass is 16.5. The van der Waals surface area contributed by atoms with Gasteiger partial charge in [0.15, 0.2) is 0 Å². The van der Waals surface area contributed by atoms with Crippen LogP contribution >= 0.6 is 0 Å². The Hall–Kier alpha value is -2.04. The lowest BCUT2D eigenvalue weighted by Gasteiger charge is -2.32. The van der Waals surface area contributed by atoms with Gasteiger partial charge in [-0.15, -0.1) is 0 Å². The maximum Gasteiger partial charge on any atom is 0.323 e. The van der Waals surface area contributed by atoms with Crippen LogP contribution in [0.2, 0.25) is 0 Å². The molecule has 0 saturated heterocycles. The number of carbonyl (C=O) groups excluding carboxylic acids is 1. The molecule has 1 aliphatic carbocycles. The molecule has 1 fully saturated rings. The molecule has 0 radical (unpaired) electrons. The second-order valence-electron chi connectivity index (χ2n) is 5.57. The van der Waals surface area contributed by atoms with Crippen molar-refractivity contribution in [3.63, 3.8) is 0 Å². The number of carboxylic acids is 1. The highest BCUT2D eigenvalue weighted by Crippen LogP contribution is 2.42. The molecule has 0 spiro atoms. The zero-order valence-corrected chi connectivity index (χ0v) is 12.5. The van der Waals surface area contributed by atoms with Gasteiger partial charge in [-0.1, -0.05) is 25.0 Å². The van der Waals surface area contributed by atoms with Gasteiger partial charge in [0.2, 0.25) is 5.91 Å². The predicted molar refractivity (Wildman–Crippen MR) is 78.4 cm³/mol. The molecular weight excluding hydrogens is 270 g/mol. The number of nitrogens with zero attached hydrogens (tertiary/aromatic N) is 1. The highest BCUT2D eigenvalue weighted by molar-refractivity contribution is 5.90. The van der Waals surface area contributed by atoms with Gasteiger partial charge in [-0.05, 0) is 30.5 Å². The molecule has 0 aromatic heterocycles. The van der Waals surface area contributed by atoms with Gasteiger partial charge in [-0.25, -0.2) is 0 Å². The third-order valence-electron chi connectivity index (χ3n) is 4.23. The maximum atomic E-state index is 12.8. The summed E-state index contributed by atoms with van der Waals surface area (Å²) in [5.74, 6) is -0.348. The zero-order chi connectivity index (χ0) is 15.5. The molecule has 5 heteroatoms. The van der Waals surface area contributed by atoms with Gasteiger partial charge < -0.3 is 14.7 Å². The Morgan fingerprint density at radius 1 is 1.24 bits per heavy atom. The minimum atomic E-state index is -0.992. The number of carbonyl (C=O) groups is 2. The van der Waals surface area contributed by atoms with Gasteiger partial charge >= 0.3 is 5.97 Å². The summed E-state index contributed by atoms with van der Waals surface area (Å²) >= 11 is 0. The van der Waals surface area contributed by atoms with Gasteiger partial charge in [-0.3, -0.25) is 9.59 Å². The summed E-state index contributed by atoms with van der Waals surface area (Å²) in [6.45, 7) is -0.267. The lowest BCUT2D eigenvalue weighted by Crippen LogP contribution is -2.45. The van der Waals surface area contributed by atoms with E-state index >= 15 is 0 Å². The van der Waals surface area contributed by atoms with Crippen molar-refractivity contribution in [1.29, 1.82) is 0 Å². The van der Waals surface area contributed by atoms with Crippen LogP contribution in [-0.4, -0.2) is 42.6 Å². The number of carboxylic acid groups (broad SMARTS) is 1. The molecule has 1 N–H and O–H groups in total. The largest absolute Gasteiger partial charge is 0.497 e. The summed E-state index contributed by atoms with van der Waals surface area (Å²) in [5, 5.41) is 8.89. The van der Waals surface area contributed by atoms with E-state index in [1.165, 1.54) is 4.90 Å². The normalized spacial score (nSPS) is 16.5. The summed E-state index contributed by atoms with van der Waals surface area (Å²) < 4.78 is 5.15. The van der Waals surface area contributed by atoms with Crippen LogP contribution in [0.3, 0.4) is 0 Å². The molecule has 1 aromatic carbocycles. The van der Waals surface area contributed by atoms with E-state index in [9.17, 15) is 9.59 Å². The molecule has 5 nitrogen and oxygen atoms in total. The van der Waals surface area contributed by atoms with Crippen molar-refractivity contribution in [3.05, 3.63) is 29.8 Å². The Balaban J connectivity index is 2.31. The molecule has 0 bridgehead atoms. The average molecular weight is 291 g/mol. The molecule has 2 rings (SSSR count). The Kier molecular flexibility index (Phi) is 4.50. The SMILES string of the molecule is COc1ccc(C2(C(=O)N(C)CC(=O)O)CCCC2)cc1. The molecule has 0 aliphatic heterocycles. The zero-order valence-electron chi connectivity index (χ0n) is 12.5. The number of hydrogen-bond acceptors (Lipinski definition) is 3. The molecule has 1 saturated carbocycles. The first kappa shape index (κ1) is 15.4. The van der Waals surface area contributed by atoms with E-state index in [2.05, 4.69) is 0 Å². The van der Waals surface area contributed by atoms with Crippen molar-refractivity contribution < 1.29 is 19.4 Å². The molecule has 1 aliphatic rings. The molecule has 21 heavy (non-hydrogen) atoms. The monoisotopic (exact) mass is 291 g/mol. The van der Waals surface area contributed by atoms with Gasteiger partial charge in [-0.2, -0.15) is 0 Å². The Morgan fingerprint density at radius 2 is 1.81 bits per heavy atom. The fourth-order valence-corrected chi connectivity index (χ4v) is 3.15. The standard InChI is InChI=1S/C16H21NO4/c1-17(11-14(18)19)15(20)16(9-3-4-10-16)12-5-7-13(21-2)8-6-12/h5-8H,3-4,9-11H2,1-2H3,(H,18,19). The minimum Gasteiger partial charge on any atom is -0.497 e. The average Bonchev–Trinajstić information content (AvgIpc) is 2.96. The van der Waals surface area contributed by atoms with Crippen LogP contribution in [0.1, 0.15) is 31.2 Å². The summed E-state index contributed by atoms with van der Waals surface area (Å²) in [4.78, 5) is 24.9. The predicted octanol–water partition coefficient (Wildman–Crippen LogP) is 2.05. The van der Waals surface area contributed by atoms with Crippen molar-refractivity contribution in [2.45, 2.75) is 31.1 Å². The first-order chi connectivity index (χ1) is 9.99. The first-order valence-electron chi connectivity index (χ1n) is 7.11. The maximum absolute atomic E-state index is 12.8. The number of hydrogen-bond donors (Lipinski definition) is 1. The van der Waals surface area contributed by atoms with Crippen LogP contribution in [0.5, 0.6) is 5.75 Å². The Morgan fingerprint density at radius 3 is 2.29 bits per heavy atom. The number of amides is 1. The van der Waals surface area contributed by atoms with E-state index in [0.717, 1.165) is 37.0 Å². The molecular formula is C16H21NO4. The third-order valence-corrected chi connectivity index (χ3v) is 4.23. The van der Waals surface area contributed by atoms with E-state index in [-0.39, 0.29) is 12.5 Å². The molecule has 1 amide bonds. The van der Waals surface area contributed by atoms with E-state index in [0.29, 0.717) is 0 Å².